The average molecular weight is 380 g/mol. The minimum atomic E-state index is -0.555. The first-order valence-corrected chi connectivity index (χ1v) is 9.59. The second-order valence-electron chi connectivity index (χ2n) is 7.44. The van der Waals surface area contributed by atoms with Gasteiger partial charge in [0.2, 0.25) is 11.9 Å². The Morgan fingerprint density at radius 3 is 2.43 bits per heavy atom. The van der Waals surface area contributed by atoms with E-state index in [2.05, 4.69) is 20.6 Å². The molecule has 28 heavy (non-hydrogen) atoms. The van der Waals surface area contributed by atoms with Crippen LogP contribution < -0.4 is 21.3 Å². The highest BCUT2D eigenvalue weighted by molar-refractivity contribution is 5.97. The summed E-state index contributed by atoms with van der Waals surface area (Å²) in [5, 5.41) is 6.40. The zero-order chi connectivity index (χ0) is 19.7. The Hall–Kier alpha value is -3.16. The summed E-state index contributed by atoms with van der Waals surface area (Å²) >= 11 is 0. The average Bonchev–Trinajstić information content (AvgIpc) is 3.49. The van der Waals surface area contributed by atoms with Gasteiger partial charge in [-0.25, -0.2) is 4.98 Å². The van der Waals surface area contributed by atoms with Crippen LogP contribution in [0.25, 0.3) is 0 Å². The Balaban J connectivity index is 1.47. The van der Waals surface area contributed by atoms with E-state index in [-0.39, 0.29) is 17.4 Å². The van der Waals surface area contributed by atoms with E-state index in [4.69, 9.17) is 5.73 Å². The summed E-state index contributed by atoms with van der Waals surface area (Å²) in [6.45, 7) is 0. The van der Waals surface area contributed by atoms with Crippen molar-refractivity contribution in [2.24, 2.45) is 11.7 Å². The normalized spacial score (nSPS) is 16.2. The lowest BCUT2D eigenvalue weighted by Gasteiger charge is -2.27. The fourth-order valence-electron chi connectivity index (χ4n) is 3.11. The summed E-state index contributed by atoms with van der Waals surface area (Å²) in [6.07, 6.45) is 6.69. The Kier molecular flexibility index (Phi) is 4.85. The standard InChI is InChI=1S/C20H24N6O2/c1-26(19(28)12-5-6-12)15-9-7-14(8-10-15)24-20-22-11-16(17(21)27)18(25-20)23-13-3-2-4-13/h7-13H,2-6H2,1H3,(H2,21,27)(H2,22,23,24,25). The van der Waals surface area contributed by atoms with E-state index in [9.17, 15) is 9.59 Å². The number of anilines is 4. The van der Waals surface area contributed by atoms with E-state index in [0.29, 0.717) is 17.8 Å². The van der Waals surface area contributed by atoms with Gasteiger partial charge in [-0.2, -0.15) is 4.98 Å². The molecule has 1 aromatic heterocycles. The predicted molar refractivity (Wildman–Crippen MR) is 108 cm³/mol. The number of rotatable bonds is 7. The van der Waals surface area contributed by atoms with Gasteiger partial charge in [0.1, 0.15) is 5.82 Å². The molecule has 2 aliphatic carbocycles. The SMILES string of the molecule is CN(C(=O)C1CC1)c1ccc(Nc2ncc(C(N)=O)c(NC3CCC3)n2)cc1. The van der Waals surface area contributed by atoms with E-state index in [1.807, 2.05) is 24.3 Å². The van der Waals surface area contributed by atoms with Crippen molar-refractivity contribution < 1.29 is 9.59 Å². The van der Waals surface area contributed by atoms with E-state index in [1.54, 1.807) is 11.9 Å². The Labute approximate surface area is 163 Å². The third-order valence-corrected chi connectivity index (χ3v) is 5.27. The molecule has 1 aromatic carbocycles. The Morgan fingerprint density at radius 2 is 1.86 bits per heavy atom. The molecule has 4 rings (SSSR count). The van der Waals surface area contributed by atoms with Gasteiger partial charge in [0.25, 0.3) is 5.91 Å². The van der Waals surface area contributed by atoms with Crippen LogP contribution in [0, 0.1) is 5.92 Å². The monoisotopic (exact) mass is 380 g/mol. The van der Waals surface area contributed by atoms with Crippen molar-refractivity contribution in [2.45, 2.75) is 38.1 Å². The minimum Gasteiger partial charge on any atom is -0.367 e. The third kappa shape index (κ3) is 3.90. The van der Waals surface area contributed by atoms with Crippen LogP contribution in [-0.4, -0.2) is 34.9 Å². The van der Waals surface area contributed by atoms with Crippen molar-refractivity contribution in [1.29, 1.82) is 0 Å². The van der Waals surface area contributed by atoms with Crippen molar-refractivity contribution in [1.82, 2.24) is 9.97 Å². The van der Waals surface area contributed by atoms with Crippen molar-refractivity contribution in [3.8, 4) is 0 Å². The van der Waals surface area contributed by atoms with Crippen LogP contribution in [0.15, 0.2) is 30.5 Å². The second kappa shape index (κ2) is 7.46. The van der Waals surface area contributed by atoms with Crippen LogP contribution in [0.1, 0.15) is 42.5 Å². The summed E-state index contributed by atoms with van der Waals surface area (Å²) in [6, 6.07) is 7.83. The fraction of sp³-hybridized carbons (Fsp3) is 0.400. The van der Waals surface area contributed by atoms with Crippen molar-refractivity contribution in [2.75, 3.05) is 22.6 Å². The molecular formula is C20H24N6O2. The first kappa shape index (κ1) is 18.2. The van der Waals surface area contributed by atoms with Gasteiger partial charge in [-0.15, -0.1) is 0 Å². The van der Waals surface area contributed by atoms with Crippen LogP contribution in [0.5, 0.6) is 0 Å². The van der Waals surface area contributed by atoms with Gasteiger partial charge in [-0.05, 0) is 56.4 Å². The fourth-order valence-corrected chi connectivity index (χ4v) is 3.11. The van der Waals surface area contributed by atoms with E-state index in [0.717, 1.165) is 37.1 Å². The molecule has 4 N–H and O–H groups in total. The number of nitrogens with two attached hydrogens (primary N) is 1. The lowest BCUT2D eigenvalue weighted by atomic mass is 9.93. The van der Waals surface area contributed by atoms with Gasteiger partial charge in [0, 0.05) is 36.6 Å². The van der Waals surface area contributed by atoms with Crippen molar-refractivity contribution >= 4 is 35.0 Å². The summed E-state index contributed by atoms with van der Waals surface area (Å²) in [4.78, 5) is 34.1. The molecule has 8 nitrogen and oxygen atoms in total. The molecule has 8 heteroatoms. The lowest BCUT2D eigenvalue weighted by molar-refractivity contribution is -0.119. The number of carbonyl (C=O) groups excluding carboxylic acids is 2. The van der Waals surface area contributed by atoms with E-state index >= 15 is 0 Å². The largest absolute Gasteiger partial charge is 0.367 e. The number of hydrogen-bond donors (Lipinski definition) is 3. The molecule has 0 spiro atoms. The number of benzene rings is 1. The maximum absolute atomic E-state index is 12.2. The number of nitrogens with one attached hydrogen (secondary N) is 2. The van der Waals surface area contributed by atoms with Crippen molar-refractivity contribution in [3.05, 3.63) is 36.0 Å². The highest BCUT2D eigenvalue weighted by Crippen LogP contribution is 2.32. The molecule has 0 aliphatic heterocycles. The third-order valence-electron chi connectivity index (χ3n) is 5.27. The quantitative estimate of drug-likeness (QED) is 0.681. The molecule has 2 aromatic rings. The highest BCUT2D eigenvalue weighted by Gasteiger charge is 2.32. The van der Waals surface area contributed by atoms with Crippen LogP contribution in [-0.2, 0) is 4.79 Å². The molecule has 2 aliphatic rings. The van der Waals surface area contributed by atoms with E-state index < -0.39 is 5.91 Å². The number of hydrogen-bond acceptors (Lipinski definition) is 6. The molecule has 0 unspecified atom stereocenters. The molecule has 0 radical (unpaired) electrons. The Morgan fingerprint density at radius 1 is 1.14 bits per heavy atom. The first-order chi connectivity index (χ1) is 13.5. The zero-order valence-electron chi connectivity index (χ0n) is 15.8. The molecular weight excluding hydrogens is 356 g/mol. The van der Waals surface area contributed by atoms with Gasteiger partial charge in [-0.3, -0.25) is 9.59 Å². The predicted octanol–water partition coefficient (Wildman–Crippen LogP) is 2.66. The van der Waals surface area contributed by atoms with Gasteiger partial charge in [0.15, 0.2) is 0 Å². The number of primary amides is 1. The van der Waals surface area contributed by atoms with Crippen LogP contribution in [0.4, 0.5) is 23.1 Å². The smallest absolute Gasteiger partial charge is 0.254 e. The van der Waals surface area contributed by atoms with Gasteiger partial charge < -0.3 is 21.3 Å². The lowest BCUT2D eigenvalue weighted by Crippen LogP contribution is -2.29. The van der Waals surface area contributed by atoms with Gasteiger partial charge in [0.05, 0.1) is 5.56 Å². The molecule has 2 amide bonds. The maximum Gasteiger partial charge on any atom is 0.254 e. The maximum atomic E-state index is 12.2. The second-order valence-corrected chi connectivity index (χ2v) is 7.44. The summed E-state index contributed by atoms with van der Waals surface area (Å²) in [5.41, 5.74) is 7.36. The number of amides is 2. The minimum absolute atomic E-state index is 0.165. The van der Waals surface area contributed by atoms with E-state index in [1.165, 1.54) is 12.6 Å². The molecule has 0 saturated heterocycles. The Bertz CT molecular complexity index is 890. The zero-order valence-corrected chi connectivity index (χ0v) is 15.8. The molecule has 2 saturated carbocycles. The molecule has 0 bridgehead atoms. The molecule has 0 atom stereocenters. The van der Waals surface area contributed by atoms with Crippen LogP contribution in [0.2, 0.25) is 0 Å². The topological polar surface area (TPSA) is 113 Å². The summed E-state index contributed by atoms with van der Waals surface area (Å²) in [7, 11) is 1.80. The number of carbonyl (C=O) groups is 2. The van der Waals surface area contributed by atoms with Crippen molar-refractivity contribution in [3.63, 3.8) is 0 Å². The molecule has 2 fully saturated rings. The molecule has 146 valence electrons. The number of aromatic nitrogens is 2. The highest BCUT2D eigenvalue weighted by atomic mass is 16.2. The summed E-state index contributed by atoms with van der Waals surface area (Å²) in [5.74, 6) is 0.628. The van der Waals surface area contributed by atoms with Crippen LogP contribution >= 0.6 is 0 Å². The first-order valence-electron chi connectivity index (χ1n) is 9.59. The number of nitrogens with zero attached hydrogens (tertiary/aromatic N) is 3. The summed E-state index contributed by atoms with van der Waals surface area (Å²) < 4.78 is 0. The van der Waals surface area contributed by atoms with Crippen LogP contribution in [0.3, 0.4) is 0 Å². The molecule has 1 heterocycles. The van der Waals surface area contributed by atoms with Gasteiger partial charge >= 0.3 is 0 Å². The van der Waals surface area contributed by atoms with Gasteiger partial charge in [-0.1, -0.05) is 0 Å².